The zero-order chi connectivity index (χ0) is 27.7. The Labute approximate surface area is 230 Å². The molecule has 2 aromatic carbocycles. The number of aromatic nitrogens is 1. The van der Waals surface area contributed by atoms with Crippen molar-refractivity contribution >= 4 is 44.7 Å². The number of pyridine rings is 1. The molecule has 5 rings (SSSR count). The van der Waals surface area contributed by atoms with E-state index < -0.39 is 28.1 Å². The molecule has 10 nitrogen and oxygen atoms in total. The normalized spacial score (nSPS) is 17.1. The van der Waals surface area contributed by atoms with Crippen molar-refractivity contribution in [1.29, 1.82) is 0 Å². The largest absolute Gasteiger partial charge is 0.495 e. The Morgan fingerprint density at radius 2 is 1.90 bits per heavy atom. The minimum atomic E-state index is -3.59. The van der Waals surface area contributed by atoms with Crippen LogP contribution >= 0.6 is 12.2 Å². The van der Waals surface area contributed by atoms with Crippen LogP contribution in [0, 0.1) is 0 Å². The number of carbonyl (C=O) groups is 1. The summed E-state index contributed by atoms with van der Waals surface area (Å²) in [5.74, 6) is 0.159. The van der Waals surface area contributed by atoms with Crippen molar-refractivity contribution in [3.63, 3.8) is 0 Å². The second-order valence-electron chi connectivity index (χ2n) is 8.81. The summed E-state index contributed by atoms with van der Waals surface area (Å²) in [5, 5.41) is 13.4. The molecule has 1 fully saturated rings. The monoisotopic (exact) mass is 564 g/mol. The Balaban J connectivity index is 1.63. The Morgan fingerprint density at radius 3 is 2.59 bits per heavy atom. The summed E-state index contributed by atoms with van der Waals surface area (Å²) in [5.41, 5.74) is 2.08. The maximum atomic E-state index is 12.0. The van der Waals surface area contributed by atoms with Gasteiger partial charge in [0.25, 0.3) is 0 Å². The summed E-state index contributed by atoms with van der Waals surface area (Å²) in [6, 6.07) is 19.7. The molecule has 0 amide bonds. The Bertz CT molecular complexity index is 1660. The van der Waals surface area contributed by atoms with Gasteiger partial charge in [-0.25, -0.2) is 13.2 Å². The number of hydrogen-bond donors (Lipinski definition) is 3. The van der Waals surface area contributed by atoms with Crippen molar-refractivity contribution in [1.82, 2.24) is 10.3 Å². The first-order chi connectivity index (χ1) is 18.7. The summed E-state index contributed by atoms with van der Waals surface area (Å²) >= 11 is 5.74. The SMILES string of the molecule is COc1ccc(N2C(=S)N[C@H](c3ccccn3)[C@H]2c2ccc(-c3ccccc3C(=O)O)o2)cc1NS(C)(=O)=O. The average Bonchev–Trinajstić information content (AvgIpc) is 3.53. The molecule has 12 heteroatoms. The number of benzene rings is 2. The molecule has 4 aromatic rings. The molecule has 0 radical (unpaired) electrons. The minimum Gasteiger partial charge on any atom is -0.495 e. The van der Waals surface area contributed by atoms with Crippen LogP contribution in [-0.2, 0) is 10.0 Å². The van der Waals surface area contributed by atoms with E-state index in [2.05, 4.69) is 15.0 Å². The van der Waals surface area contributed by atoms with E-state index in [1.165, 1.54) is 13.2 Å². The topological polar surface area (TPSA) is 134 Å². The first-order valence-corrected chi connectivity index (χ1v) is 14.0. The summed E-state index contributed by atoms with van der Waals surface area (Å²) in [6.45, 7) is 0. The molecule has 2 atom stereocenters. The number of nitrogens with zero attached hydrogens (tertiary/aromatic N) is 2. The highest BCUT2D eigenvalue weighted by atomic mass is 32.2. The van der Waals surface area contributed by atoms with E-state index in [4.69, 9.17) is 21.4 Å². The highest BCUT2D eigenvalue weighted by Crippen LogP contribution is 2.44. The lowest BCUT2D eigenvalue weighted by Gasteiger charge is -2.27. The van der Waals surface area contributed by atoms with E-state index in [-0.39, 0.29) is 11.3 Å². The number of furan rings is 1. The number of rotatable bonds is 8. The fourth-order valence-electron chi connectivity index (χ4n) is 4.59. The number of anilines is 2. The fourth-order valence-corrected chi connectivity index (χ4v) is 5.49. The Hall–Kier alpha value is -4.42. The molecule has 0 unspecified atom stereocenters. The van der Waals surface area contributed by atoms with Crippen molar-refractivity contribution < 1.29 is 27.5 Å². The molecule has 1 saturated heterocycles. The molecule has 2 aromatic heterocycles. The van der Waals surface area contributed by atoms with Crippen molar-refractivity contribution in [2.75, 3.05) is 23.0 Å². The zero-order valence-electron chi connectivity index (χ0n) is 20.9. The Morgan fingerprint density at radius 1 is 1.13 bits per heavy atom. The van der Waals surface area contributed by atoms with Crippen LogP contribution in [0.15, 0.2) is 83.4 Å². The first-order valence-electron chi connectivity index (χ1n) is 11.7. The summed E-state index contributed by atoms with van der Waals surface area (Å²) in [6.07, 6.45) is 2.73. The molecule has 3 heterocycles. The van der Waals surface area contributed by atoms with Gasteiger partial charge in [0.1, 0.15) is 23.3 Å². The van der Waals surface area contributed by atoms with Crippen LogP contribution < -0.4 is 19.7 Å². The molecule has 200 valence electrons. The number of sulfonamides is 1. The molecular weight excluding hydrogens is 540 g/mol. The van der Waals surface area contributed by atoms with E-state index in [9.17, 15) is 18.3 Å². The summed E-state index contributed by atoms with van der Waals surface area (Å²) < 4.78 is 38.2. The highest BCUT2D eigenvalue weighted by Gasteiger charge is 2.43. The standard InChI is InChI=1S/C27H24N4O6S2/c1-36-22-11-10-16(15-20(22)30-39(2,34)35)31-25(24(29-27(31)38)19-9-5-6-14-28-19)23-13-12-21(37-23)17-7-3-4-8-18(17)26(32)33/h3-15,24-25,30H,1-2H3,(H,29,38)(H,32,33)/t24-,25-/m1/s1. The predicted octanol–water partition coefficient (Wildman–Crippen LogP) is 4.60. The van der Waals surface area contributed by atoms with Gasteiger partial charge in [-0.2, -0.15) is 0 Å². The highest BCUT2D eigenvalue weighted by molar-refractivity contribution is 7.92. The molecule has 39 heavy (non-hydrogen) atoms. The van der Waals surface area contributed by atoms with Gasteiger partial charge < -0.3 is 24.5 Å². The number of aromatic carboxylic acids is 1. The third-order valence-electron chi connectivity index (χ3n) is 6.20. The lowest BCUT2D eigenvalue weighted by molar-refractivity contribution is 0.0697. The van der Waals surface area contributed by atoms with Gasteiger partial charge in [0, 0.05) is 17.4 Å². The summed E-state index contributed by atoms with van der Waals surface area (Å²) in [4.78, 5) is 18.1. The third-order valence-corrected chi connectivity index (χ3v) is 7.10. The van der Waals surface area contributed by atoms with Gasteiger partial charge >= 0.3 is 5.97 Å². The molecule has 1 aliphatic heterocycles. The molecule has 0 bridgehead atoms. The van der Waals surface area contributed by atoms with Crippen LogP contribution in [0.25, 0.3) is 11.3 Å². The molecular formula is C27H24N4O6S2. The van der Waals surface area contributed by atoms with Crippen molar-refractivity contribution in [2.45, 2.75) is 12.1 Å². The van der Waals surface area contributed by atoms with Crippen LogP contribution in [0.3, 0.4) is 0 Å². The van der Waals surface area contributed by atoms with E-state index >= 15 is 0 Å². The van der Waals surface area contributed by atoms with Crippen molar-refractivity contribution in [3.8, 4) is 17.1 Å². The Kier molecular flexibility index (Phi) is 6.98. The van der Waals surface area contributed by atoms with Gasteiger partial charge in [-0.05, 0) is 60.7 Å². The van der Waals surface area contributed by atoms with Gasteiger partial charge in [0.05, 0.1) is 36.4 Å². The quantitative estimate of drug-likeness (QED) is 0.261. The first kappa shape index (κ1) is 26.2. The number of carboxylic acids is 1. The van der Waals surface area contributed by atoms with Crippen LogP contribution in [-0.4, -0.2) is 43.0 Å². The lowest BCUT2D eigenvalue weighted by Crippen LogP contribution is -2.29. The molecule has 3 N–H and O–H groups in total. The van der Waals surface area contributed by atoms with Gasteiger partial charge in [-0.15, -0.1) is 0 Å². The molecule has 0 spiro atoms. The van der Waals surface area contributed by atoms with Crippen LogP contribution in [0.5, 0.6) is 5.75 Å². The minimum absolute atomic E-state index is 0.114. The lowest BCUT2D eigenvalue weighted by atomic mass is 10.0. The number of nitrogens with one attached hydrogen (secondary N) is 2. The van der Waals surface area contributed by atoms with Crippen LogP contribution in [0.4, 0.5) is 11.4 Å². The van der Waals surface area contributed by atoms with E-state index in [1.807, 2.05) is 23.1 Å². The van der Waals surface area contributed by atoms with Gasteiger partial charge in [0.15, 0.2) is 5.11 Å². The third kappa shape index (κ3) is 5.29. The maximum Gasteiger partial charge on any atom is 0.336 e. The maximum absolute atomic E-state index is 12.0. The van der Waals surface area contributed by atoms with Crippen molar-refractivity contribution in [3.05, 3.63) is 96.0 Å². The van der Waals surface area contributed by atoms with Crippen LogP contribution in [0.1, 0.15) is 33.9 Å². The number of methoxy groups -OCH3 is 1. The number of thiocarbonyl (C=S) groups is 1. The fraction of sp³-hybridized carbons (Fsp3) is 0.148. The van der Waals surface area contributed by atoms with Gasteiger partial charge in [-0.3, -0.25) is 9.71 Å². The molecule has 1 aliphatic rings. The van der Waals surface area contributed by atoms with Gasteiger partial charge in [-0.1, -0.05) is 24.3 Å². The van der Waals surface area contributed by atoms with Gasteiger partial charge in [0.2, 0.25) is 10.0 Å². The molecule has 0 saturated carbocycles. The second kappa shape index (κ2) is 10.4. The average molecular weight is 565 g/mol. The smallest absolute Gasteiger partial charge is 0.336 e. The summed E-state index contributed by atoms with van der Waals surface area (Å²) in [7, 11) is -2.15. The number of carboxylic acid groups (broad SMARTS) is 1. The van der Waals surface area contributed by atoms with Crippen molar-refractivity contribution in [2.24, 2.45) is 0 Å². The number of hydrogen-bond acceptors (Lipinski definition) is 7. The molecule has 0 aliphatic carbocycles. The van der Waals surface area contributed by atoms with Crippen LogP contribution in [0.2, 0.25) is 0 Å². The zero-order valence-corrected chi connectivity index (χ0v) is 22.5. The van der Waals surface area contributed by atoms with E-state index in [1.54, 1.807) is 54.7 Å². The van der Waals surface area contributed by atoms with E-state index in [0.717, 1.165) is 6.26 Å². The van der Waals surface area contributed by atoms with E-state index in [0.29, 0.717) is 39.3 Å². The second-order valence-corrected chi connectivity index (χ2v) is 10.9. The predicted molar refractivity (Wildman–Crippen MR) is 150 cm³/mol. The number of ether oxygens (including phenoxy) is 1.